The van der Waals surface area contributed by atoms with Crippen molar-refractivity contribution in [2.75, 3.05) is 6.54 Å². The molecule has 0 atom stereocenters. The van der Waals surface area contributed by atoms with E-state index >= 15 is 0 Å². The molecule has 1 rings (SSSR count). The number of unbranched alkanes of at least 4 members (excludes halogenated alkanes) is 1. The van der Waals surface area contributed by atoms with Crippen molar-refractivity contribution in [2.45, 2.75) is 12.8 Å². The van der Waals surface area contributed by atoms with E-state index in [0.29, 0.717) is 30.0 Å². The molecule has 84 valence electrons. The topological polar surface area (TPSA) is 52.9 Å². The third-order valence-electron chi connectivity index (χ3n) is 1.92. The number of carbonyl (C=O) groups excluding carboxylic acids is 1. The van der Waals surface area contributed by atoms with Crippen LogP contribution in [0.5, 0.6) is 0 Å². The molecule has 0 aromatic heterocycles. The van der Waals surface area contributed by atoms with Crippen LogP contribution in [0, 0.1) is 11.3 Å². The largest absolute Gasteiger partial charge is 0.352 e. The molecule has 1 N–H and O–H groups in total. The van der Waals surface area contributed by atoms with Gasteiger partial charge in [0.1, 0.15) is 0 Å². The van der Waals surface area contributed by atoms with Crippen molar-refractivity contribution < 1.29 is 4.79 Å². The van der Waals surface area contributed by atoms with E-state index in [4.69, 9.17) is 16.9 Å². The molecule has 0 spiro atoms. The Labute approximate surface area is 108 Å². The van der Waals surface area contributed by atoms with Gasteiger partial charge in [-0.1, -0.05) is 27.5 Å². The summed E-state index contributed by atoms with van der Waals surface area (Å²) >= 11 is 9.17. The first kappa shape index (κ1) is 13.0. The summed E-state index contributed by atoms with van der Waals surface area (Å²) in [5, 5.41) is 11.5. The Hall–Kier alpha value is -1.05. The number of hydrogen-bond donors (Lipinski definition) is 1. The molecular weight excluding hydrogens is 291 g/mol. The number of halogens is 2. The lowest BCUT2D eigenvalue weighted by molar-refractivity contribution is 0.0953. The summed E-state index contributed by atoms with van der Waals surface area (Å²) in [6.07, 6.45) is 1.08. The average molecular weight is 302 g/mol. The van der Waals surface area contributed by atoms with Crippen molar-refractivity contribution in [3.63, 3.8) is 0 Å². The third-order valence-corrected chi connectivity index (χ3v) is 2.75. The Bertz CT molecular complexity index is 428. The van der Waals surface area contributed by atoms with Gasteiger partial charge in [0, 0.05) is 17.4 Å². The predicted molar refractivity (Wildman–Crippen MR) is 66.3 cm³/mol. The van der Waals surface area contributed by atoms with Crippen molar-refractivity contribution in [3.05, 3.63) is 33.3 Å². The Balaban J connectivity index is 2.59. The lowest BCUT2D eigenvalue weighted by atomic mass is 10.2. The second-order valence-electron chi connectivity index (χ2n) is 3.14. The van der Waals surface area contributed by atoms with E-state index in [1.807, 2.05) is 6.07 Å². The summed E-state index contributed by atoms with van der Waals surface area (Å²) in [7, 11) is 0. The van der Waals surface area contributed by atoms with Crippen molar-refractivity contribution in [1.29, 1.82) is 5.26 Å². The van der Waals surface area contributed by atoms with Crippen LogP contribution < -0.4 is 5.32 Å². The van der Waals surface area contributed by atoms with Crippen LogP contribution in [0.2, 0.25) is 5.02 Å². The highest BCUT2D eigenvalue weighted by atomic mass is 79.9. The fraction of sp³-hybridized carbons (Fsp3) is 0.273. The van der Waals surface area contributed by atoms with E-state index in [-0.39, 0.29) is 5.91 Å². The maximum absolute atomic E-state index is 11.7. The number of nitrogens with one attached hydrogen (secondary N) is 1. The zero-order valence-corrected chi connectivity index (χ0v) is 10.8. The molecule has 0 fully saturated rings. The van der Waals surface area contributed by atoms with Crippen molar-refractivity contribution in [2.24, 2.45) is 0 Å². The number of nitriles is 1. The molecule has 0 heterocycles. The van der Waals surface area contributed by atoms with E-state index < -0.39 is 0 Å². The average Bonchev–Trinajstić information content (AvgIpc) is 2.27. The second-order valence-corrected chi connectivity index (χ2v) is 4.46. The van der Waals surface area contributed by atoms with Crippen LogP contribution in [-0.2, 0) is 0 Å². The number of benzene rings is 1. The molecule has 0 bridgehead atoms. The Morgan fingerprint density at radius 2 is 2.31 bits per heavy atom. The van der Waals surface area contributed by atoms with Crippen LogP contribution in [0.25, 0.3) is 0 Å². The summed E-state index contributed by atoms with van der Waals surface area (Å²) in [5.41, 5.74) is 0.438. The number of carbonyl (C=O) groups is 1. The highest BCUT2D eigenvalue weighted by Crippen LogP contribution is 2.20. The maximum Gasteiger partial charge on any atom is 0.252 e. The third kappa shape index (κ3) is 3.84. The second kappa shape index (κ2) is 6.51. The first-order valence-corrected chi connectivity index (χ1v) is 5.92. The highest BCUT2D eigenvalue weighted by Gasteiger charge is 2.09. The molecule has 0 aliphatic heterocycles. The van der Waals surface area contributed by atoms with Gasteiger partial charge in [0.15, 0.2) is 0 Å². The number of rotatable bonds is 4. The Morgan fingerprint density at radius 3 is 3.00 bits per heavy atom. The van der Waals surface area contributed by atoms with Crippen LogP contribution in [0.4, 0.5) is 0 Å². The van der Waals surface area contributed by atoms with Crippen molar-refractivity contribution >= 4 is 33.4 Å². The molecule has 1 amide bonds. The van der Waals surface area contributed by atoms with E-state index in [1.165, 1.54) is 0 Å². The van der Waals surface area contributed by atoms with Crippen LogP contribution in [0.1, 0.15) is 23.2 Å². The molecule has 0 radical (unpaired) electrons. The van der Waals surface area contributed by atoms with Gasteiger partial charge in [0.25, 0.3) is 5.91 Å². The van der Waals surface area contributed by atoms with Crippen LogP contribution in [-0.4, -0.2) is 12.5 Å². The van der Waals surface area contributed by atoms with Gasteiger partial charge in [-0.3, -0.25) is 4.79 Å². The summed E-state index contributed by atoms with van der Waals surface area (Å²) in [5.74, 6) is -0.218. The SMILES string of the molecule is N#CCCCNC(=O)c1cc(Br)ccc1Cl. The number of nitrogens with zero attached hydrogens (tertiary/aromatic N) is 1. The first-order chi connectivity index (χ1) is 7.65. The summed E-state index contributed by atoms with van der Waals surface area (Å²) in [4.78, 5) is 11.7. The molecule has 0 unspecified atom stereocenters. The minimum absolute atomic E-state index is 0.218. The minimum Gasteiger partial charge on any atom is -0.352 e. The summed E-state index contributed by atoms with van der Waals surface area (Å²) < 4.78 is 0.805. The summed E-state index contributed by atoms with van der Waals surface area (Å²) in [6, 6.07) is 7.12. The quantitative estimate of drug-likeness (QED) is 0.869. The minimum atomic E-state index is -0.218. The lowest BCUT2D eigenvalue weighted by Gasteiger charge is -2.06. The zero-order valence-electron chi connectivity index (χ0n) is 8.46. The van der Waals surface area contributed by atoms with Gasteiger partial charge in [0.2, 0.25) is 0 Å². The molecule has 3 nitrogen and oxygen atoms in total. The number of amides is 1. The number of hydrogen-bond acceptors (Lipinski definition) is 2. The van der Waals surface area contributed by atoms with E-state index in [0.717, 1.165) is 4.47 Å². The van der Waals surface area contributed by atoms with Gasteiger partial charge in [-0.25, -0.2) is 0 Å². The molecule has 0 saturated carbocycles. The monoisotopic (exact) mass is 300 g/mol. The highest BCUT2D eigenvalue weighted by molar-refractivity contribution is 9.10. The maximum atomic E-state index is 11.7. The molecule has 16 heavy (non-hydrogen) atoms. The molecular formula is C11H10BrClN2O. The van der Waals surface area contributed by atoms with Crippen LogP contribution >= 0.6 is 27.5 Å². The first-order valence-electron chi connectivity index (χ1n) is 4.75. The van der Waals surface area contributed by atoms with Gasteiger partial charge in [-0.2, -0.15) is 5.26 Å². The fourth-order valence-corrected chi connectivity index (χ4v) is 1.70. The van der Waals surface area contributed by atoms with E-state index in [1.54, 1.807) is 18.2 Å². The predicted octanol–water partition coefficient (Wildman–Crippen LogP) is 3.14. The fourth-order valence-electron chi connectivity index (χ4n) is 1.14. The van der Waals surface area contributed by atoms with Gasteiger partial charge in [-0.05, 0) is 24.6 Å². The lowest BCUT2D eigenvalue weighted by Crippen LogP contribution is -2.24. The molecule has 1 aromatic rings. The zero-order chi connectivity index (χ0) is 12.0. The van der Waals surface area contributed by atoms with E-state index in [2.05, 4.69) is 21.2 Å². The van der Waals surface area contributed by atoms with Crippen LogP contribution in [0.15, 0.2) is 22.7 Å². The normalized spacial score (nSPS) is 9.56. The molecule has 0 aliphatic rings. The smallest absolute Gasteiger partial charge is 0.252 e. The molecule has 0 saturated heterocycles. The standard InChI is InChI=1S/C11H10BrClN2O/c12-8-3-4-10(13)9(7-8)11(16)15-6-2-1-5-14/h3-4,7H,1-2,6H2,(H,15,16). The van der Waals surface area contributed by atoms with Gasteiger partial charge in [0.05, 0.1) is 16.7 Å². The van der Waals surface area contributed by atoms with Gasteiger partial charge < -0.3 is 5.32 Å². The van der Waals surface area contributed by atoms with Crippen molar-refractivity contribution in [1.82, 2.24) is 5.32 Å². The molecule has 1 aromatic carbocycles. The van der Waals surface area contributed by atoms with Gasteiger partial charge in [-0.15, -0.1) is 0 Å². The summed E-state index contributed by atoms with van der Waals surface area (Å²) in [6.45, 7) is 0.481. The van der Waals surface area contributed by atoms with E-state index in [9.17, 15) is 4.79 Å². The van der Waals surface area contributed by atoms with Crippen molar-refractivity contribution in [3.8, 4) is 6.07 Å². The Morgan fingerprint density at radius 1 is 1.56 bits per heavy atom. The Kier molecular flexibility index (Phi) is 5.30. The molecule has 0 aliphatic carbocycles. The van der Waals surface area contributed by atoms with Crippen LogP contribution in [0.3, 0.4) is 0 Å². The van der Waals surface area contributed by atoms with Gasteiger partial charge >= 0.3 is 0 Å². The molecule has 5 heteroatoms.